The Morgan fingerprint density at radius 1 is 0.244 bits per heavy atom. The van der Waals surface area contributed by atoms with Crippen molar-refractivity contribution in [2.75, 3.05) is 26.2 Å². The van der Waals surface area contributed by atoms with Gasteiger partial charge in [0.15, 0.2) is 0 Å². The maximum absolute atomic E-state index is 3.00. The molecular formula is C40H84Cl2N2Ti. The van der Waals surface area contributed by atoms with Gasteiger partial charge in [-0.1, -0.05) is 0 Å². The van der Waals surface area contributed by atoms with Gasteiger partial charge in [-0.3, -0.25) is 0 Å². The number of halogens is 2. The standard InChI is InChI=1S/2C20H42N.2ClH.Ti/c2*1-3-5-7-9-11-13-15-17-19-21-20-18-16-14-12-10-8-6-4-2;;;/h2*3-20H2,1-2H3;2*1H;/q2*-1;;;+4/p-2. The van der Waals surface area contributed by atoms with Crippen LogP contribution in [0.2, 0.25) is 0 Å². The third-order valence-corrected chi connectivity index (χ3v) is 11.7. The summed E-state index contributed by atoms with van der Waals surface area (Å²) in [7, 11) is 0. The first kappa shape index (κ1) is 50.6. The molecule has 0 aromatic rings. The molecule has 0 rings (SSSR count). The second-order valence-corrected chi connectivity index (χ2v) is 16.3. The second-order valence-electron chi connectivity index (χ2n) is 14.0. The van der Waals surface area contributed by atoms with E-state index in [0.717, 1.165) is 0 Å². The molecule has 0 aromatic carbocycles. The predicted octanol–water partition coefficient (Wildman–Crippen LogP) is 8.07. The summed E-state index contributed by atoms with van der Waals surface area (Å²) in [4.78, 5) is 0. The molecule has 0 spiro atoms. The number of hydrogen-bond acceptors (Lipinski definition) is 2. The molecular weight excluding hydrogens is 627 g/mol. The van der Waals surface area contributed by atoms with Crippen molar-refractivity contribution in [3.05, 3.63) is 0 Å². The second kappa shape index (κ2) is 45.2. The third-order valence-electron chi connectivity index (χ3n) is 9.41. The summed E-state index contributed by atoms with van der Waals surface area (Å²) < 4.78 is 6.01. The largest absolute Gasteiger partial charge is 1.00 e. The van der Waals surface area contributed by atoms with Crippen molar-refractivity contribution in [1.29, 1.82) is 0 Å². The molecule has 0 bridgehead atoms. The van der Waals surface area contributed by atoms with E-state index in [2.05, 4.69) is 34.5 Å². The summed E-state index contributed by atoms with van der Waals surface area (Å²) in [6, 6.07) is 0. The van der Waals surface area contributed by atoms with Crippen LogP contribution in [-0.4, -0.2) is 32.9 Å². The Morgan fingerprint density at radius 2 is 0.400 bits per heavy atom. The molecule has 5 heteroatoms. The predicted molar refractivity (Wildman–Crippen MR) is 194 cm³/mol. The van der Waals surface area contributed by atoms with Crippen molar-refractivity contribution in [3.63, 3.8) is 0 Å². The van der Waals surface area contributed by atoms with Crippen LogP contribution in [0.3, 0.4) is 0 Å². The van der Waals surface area contributed by atoms with Crippen molar-refractivity contribution in [3.8, 4) is 0 Å². The van der Waals surface area contributed by atoms with Crippen LogP contribution in [0.5, 0.6) is 0 Å². The van der Waals surface area contributed by atoms with E-state index in [4.69, 9.17) is 0 Å². The zero-order chi connectivity index (χ0) is 31.3. The molecule has 0 aliphatic carbocycles. The van der Waals surface area contributed by atoms with Gasteiger partial charge in [0.2, 0.25) is 0 Å². The van der Waals surface area contributed by atoms with Gasteiger partial charge in [0.05, 0.1) is 0 Å². The van der Waals surface area contributed by atoms with Gasteiger partial charge in [0.25, 0.3) is 0 Å². The van der Waals surface area contributed by atoms with Gasteiger partial charge in [0, 0.05) is 0 Å². The van der Waals surface area contributed by atoms with Crippen LogP contribution in [0, 0.1) is 0 Å². The van der Waals surface area contributed by atoms with Crippen molar-refractivity contribution < 1.29 is 44.5 Å². The zero-order valence-electron chi connectivity index (χ0n) is 31.6. The minimum Gasteiger partial charge on any atom is -1.00 e. The third kappa shape index (κ3) is 41.3. The molecule has 0 heterocycles. The van der Waals surface area contributed by atoms with Crippen LogP contribution in [0.1, 0.15) is 233 Å². The number of nitrogens with zero attached hydrogens (tertiary/aromatic N) is 2. The van der Waals surface area contributed by atoms with Crippen molar-refractivity contribution in [1.82, 2.24) is 6.76 Å². The summed E-state index contributed by atoms with van der Waals surface area (Å²) in [6.45, 7) is 14.9. The molecule has 0 radical (unpaired) electrons. The van der Waals surface area contributed by atoms with E-state index in [1.807, 2.05) is 0 Å². The van der Waals surface area contributed by atoms with E-state index in [0.29, 0.717) is 0 Å². The maximum atomic E-state index is 3.00. The molecule has 0 atom stereocenters. The van der Waals surface area contributed by atoms with Crippen LogP contribution >= 0.6 is 0 Å². The van der Waals surface area contributed by atoms with Gasteiger partial charge < -0.3 is 24.8 Å². The minimum absolute atomic E-state index is 0. The van der Waals surface area contributed by atoms with E-state index >= 15 is 0 Å². The smallest absolute Gasteiger partial charge is 1.00 e. The molecule has 0 unspecified atom stereocenters. The van der Waals surface area contributed by atoms with Crippen molar-refractivity contribution in [2.24, 2.45) is 0 Å². The average Bonchev–Trinajstić information content (AvgIpc) is 3.01. The molecule has 0 N–H and O–H groups in total. The van der Waals surface area contributed by atoms with Crippen molar-refractivity contribution >= 4 is 0 Å². The number of rotatable bonds is 38. The first-order chi connectivity index (χ1) is 21.3. The molecule has 45 heavy (non-hydrogen) atoms. The fourth-order valence-electron chi connectivity index (χ4n) is 6.37. The minimum atomic E-state index is -0.144. The molecule has 0 fully saturated rings. The Kier molecular flexibility index (Phi) is 50.8. The van der Waals surface area contributed by atoms with Crippen LogP contribution in [-0.2, 0) is 19.7 Å². The van der Waals surface area contributed by atoms with Crippen molar-refractivity contribution in [2.45, 2.75) is 233 Å². The number of hydrogen-bond donors (Lipinski definition) is 0. The summed E-state index contributed by atoms with van der Waals surface area (Å²) in [5.74, 6) is 0. The molecule has 2 nitrogen and oxygen atoms in total. The summed E-state index contributed by atoms with van der Waals surface area (Å²) >= 11 is -0.144. The van der Waals surface area contributed by atoms with E-state index in [1.165, 1.54) is 232 Å². The molecule has 0 aliphatic rings. The Balaban J connectivity index is -0.00000882. The van der Waals surface area contributed by atoms with E-state index in [1.54, 1.807) is 0 Å². The van der Waals surface area contributed by atoms with Gasteiger partial charge in [0.1, 0.15) is 0 Å². The van der Waals surface area contributed by atoms with Crippen LogP contribution < -0.4 is 24.8 Å². The SMILES string of the molecule is CCCCCCCCCC[N](CCCCCCCCCC)[Ti+2][N](CCCCCCCCCC)CCCCCCCCCC.[Cl-].[Cl-]. The summed E-state index contributed by atoms with van der Waals surface area (Å²) in [5, 5.41) is 0. The quantitative estimate of drug-likeness (QED) is 0.0473. The first-order valence-corrected chi connectivity index (χ1v) is 21.9. The van der Waals surface area contributed by atoms with Crippen LogP contribution in [0.4, 0.5) is 0 Å². The monoisotopic (exact) mass is 711 g/mol. The van der Waals surface area contributed by atoms with E-state index in [-0.39, 0.29) is 44.5 Å². The Bertz CT molecular complexity index is 415. The molecule has 0 saturated carbocycles. The van der Waals surface area contributed by atoms with Gasteiger partial charge >= 0.3 is 286 Å². The Hall–Kier alpha value is 1.21. The van der Waals surface area contributed by atoms with Gasteiger partial charge in [-0.25, -0.2) is 0 Å². The van der Waals surface area contributed by atoms with Crippen LogP contribution in [0.25, 0.3) is 0 Å². The van der Waals surface area contributed by atoms with E-state index in [9.17, 15) is 0 Å². The van der Waals surface area contributed by atoms with Gasteiger partial charge in [-0.05, 0) is 0 Å². The fraction of sp³-hybridized carbons (Fsp3) is 1.00. The molecule has 0 aliphatic heterocycles. The maximum Gasteiger partial charge on any atom is -1.00 e. The van der Waals surface area contributed by atoms with E-state index < -0.39 is 0 Å². The number of unbranched alkanes of at least 4 members (excludes halogenated alkanes) is 28. The molecule has 272 valence electrons. The van der Waals surface area contributed by atoms with Gasteiger partial charge in [-0.2, -0.15) is 0 Å². The van der Waals surface area contributed by atoms with Crippen LogP contribution in [0.15, 0.2) is 0 Å². The zero-order valence-corrected chi connectivity index (χ0v) is 34.7. The normalized spacial score (nSPS) is 11.2. The fourth-order valence-corrected chi connectivity index (χ4v) is 8.61. The molecule has 0 amide bonds. The average molecular weight is 712 g/mol. The Labute approximate surface area is 308 Å². The topological polar surface area (TPSA) is 6.48 Å². The molecule has 0 saturated heterocycles. The summed E-state index contributed by atoms with van der Waals surface area (Å²) in [6.07, 6.45) is 46.3. The Morgan fingerprint density at radius 3 is 0.578 bits per heavy atom. The molecule has 0 aromatic heterocycles. The van der Waals surface area contributed by atoms with Gasteiger partial charge in [-0.15, -0.1) is 0 Å². The first-order valence-electron chi connectivity index (χ1n) is 20.5. The summed E-state index contributed by atoms with van der Waals surface area (Å²) in [5.41, 5.74) is 0.